The van der Waals surface area contributed by atoms with Gasteiger partial charge in [0.1, 0.15) is 11.3 Å². The van der Waals surface area contributed by atoms with Gasteiger partial charge in [-0.1, -0.05) is 27.7 Å². The molecule has 114 valence electrons. The normalized spacial score (nSPS) is 21.6. The quantitative estimate of drug-likeness (QED) is 0.783. The average Bonchev–Trinajstić information content (AvgIpc) is 2.30. The number of nitrogens with one attached hydrogen (secondary N) is 1. The standard InChI is InChI=1S/C15H27N3O2/c1-9(2)15(10(3)4)12(19)16-11(18(7)8)14(5,6)17-13(15)20/h9-10H,1-8H3,(H,17,20). The fourth-order valence-corrected chi connectivity index (χ4v) is 3.21. The molecule has 5 heteroatoms. The van der Waals surface area contributed by atoms with Crippen LogP contribution < -0.4 is 5.32 Å². The first-order chi connectivity index (χ1) is 8.97. The van der Waals surface area contributed by atoms with Crippen molar-refractivity contribution < 1.29 is 9.59 Å². The van der Waals surface area contributed by atoms with Gasteiger partial charge in [0.25, 0.3) is 5.91 Å². The summed E-state index contributed by atoms with van der Waals surface area (Å²) < 4.78 is 0. The van der Waals surface area contributed by atoms with Crippen LogP contribution in [0.1, 0.15) is 41.5 Å². The minimum Gasteiger partial charge on any atom is -0.364 e. The molecule has 0 fully saturated rings. The van der Waals surface area contributed by atoms with Gasteiger partial charge in [-0.2, -0.15) is 4.99 Å². The highest BCUT2D eigenvalue weighted by atomic mass is 16.2. The lowest BCUT2D eigenvalue weighted by Crippen LogP contribution is -2.58. The highest BCUT2D eigenvalue weighted by Crippen LogP contribution is 2.40. The number of carbonyl (C=O) groups excluding carboxylic acids is 2. The van der Waals surface area contributed by atoms with E-state index in [-0.39, 0.29) is 23.7 Å². The Morgan fingerprint density at radius 2 is 1.50 bits per heavy atom. The van der Waals surface area contributed by atoms with Crippen molar-refractivity contribution in [2.45, 2.75) is 47.1 Å². The van der Waals surface area contributed by atoms with Gasteiger partial charge in [0.15, 0.2) is 0 Å². The van der Waals surface area contributed by atoms with Gasteiger partial charge >= 0.3 is 0 Å². The molecule has 0 aromatic rings. The molecule has 0 aromatic heterocycles. The molecular weight excluding hydrogens is 254 g/mol. The predicted octanol–water partition coefficient (Wildman–Crippen LogP) is 1.68. The van der Waals surface area contributed by atoms with E-state index in [0.29, 0.717) is 5.84 Å². The lowest BCUT2D eigenvalue weighted by atomic mass is 9.67. The van der Waals surface area contributed by atoms with Gasteiger partial charge < -0.3 is 10.2 Å². The van der Waals surface area contributed by atoms with E-state index < -0.39 is 11.0 Å². The summed E-state index contributed by atoms with van der Waals surface area (Å²) in [5, 5.41) is 3.00. The summed E-state index contributed by atoms with van der Waals surface area (Å²) in [7, 11) is 3.66. The highest BCUT2D eigenvalue weighted by molar-refractivity contribution is 6.14. The summed E-state index contributed by atoms with van der Waals surface area (Å²) in [6.45, 7) is 11.4. The molecule has 5 nitrogen and oxygen atoms in total. The molecule has 1 aliphatic rings. The second-order valence-electron chi connectivity index (χ2n) is 6.89. The maximum absolute atomic E-state index is 12.8. The molecule has 0 bridgehead atoms. The lowest BCUT2D eigenvalue weighted by Gasteiger charge is -2.37. The number of hydrogen-bond acceptors (Lipinski definition) is 3. The predicted molar refractivity (Wildman–Crippen MR) is 80.5 cm³/mol. The molecule has 20 heavy (non-hydrogen) atoms. The third-order valence-electron chi connectivity index (χ3n) is 4.17. The number of aliphatic imine (C=N–C) groups is 1. The first-order valence-corrected chi connectivity index (χ1v) is 7.11. The number of rotatable bonds is 2. The van der Waals surface area contributed by atoms with E-state index >= 15 is 0 Å². The van der Waals surface area contributed by atoms with Crippen molar-refractivity contribution in [3.05, 3.63) is 0 Å². The summed E-state index contributed by atoms with van der Waals surface area (Å²) >= 11 is 0. The van der Waals surface area contributed by atoms with Crippen molar-refractivity contribution in [1.29, 1.82) is 0 Å². The van der Waals surface area contributed by atoms with Crippen LogP contribution in [0.25, 0.3) is 0 Å². The van der Waals surface area contributed by atoms with Crippen molar-refractivity contribution in [3.8, 4) is 0 Å². The third-order valence-corrected chi connectivity index (χ3v) is 4.17. The molecule has 0 aromatic carbocycles. The van der Waals surface area contributed by atoms with Crippen molar-refractivity contribution in [2.24, 2.45) is 22.2 Å². The van der Waals surface area contributed by atoms with Crippen LogP contribution in [0.3, 0.4) is 0 Å². The Morgan fingerprint density at radius 3 is 1.85 bits per heavy atom. The van der Waals surface area contributed by atoms with E-state index in [4.69, 9.17) is 0 Å². The Balaban J connectivity index is 3.54. The number of amides is 2. The second-order valence-corrected chi connectivity index (χ2v) is 6.89. The van der Waals surface area contributed by atoms with Crippen LogP contribution in [0.15, 0.2) is 4.99 Å². The molecule has 0 saturated carbocycles. The molecule has 0 unspecified atom stereocenters. The fraction of sp³-hybridized carbons (Fsp3) is 0.800. The smallest absolute Gasteiger partial charge is 0.263 e. The third kappa shape index (κ3) is 2.34. The zero-order valence-corrected chi connectivity index (χ0v) is 13.9. The van der Waals surface area contributed by atoms with Gasteiger partial charge in [0.05, 0.1) is 5.54 Å². The molecule has 1 N–H and O–H groups in total. The van der Waals surface area contributed by atoms with Crippen LogP contribution >= 0.6 is 0 Å². The largest absolute Gasteiger partial charge is 0.364 e. The van der Waals surface area contributed by atoms with Crippen molar-refractivity contribution >= 4 is 17.6 Å². The van der Waals surface area contributed by atoms with Crippen LogP contribution in [0.2, 0.25) is 0 Å². The van der Waals surface area contributed by atoms with E-state index in [9.17, 15) is 9.59 Å². The molecular formula is C15H27N3O2. The van der Waals surface area contributed by atoms with E-state index in [1.54, 1.807) is 4.90 Å². The van der Waals surface area contributed by atoms with E-state index in [1.807, 2.05) is 55.6 Å². The molecule has 0 saturated heterocycles. The van der Waals surface area contributed by atoms with Crippen LogP contribution in [0, 0.1) is 17.3 Å². The van der Waals surface area contributed by atoms with Crippen LogP contribution in [-0.2, 0) is 9.59 Å². The summed E-state index contributed by atoms with van der Waals surface area (Å²) in [6, 6.07) is 0. The van der Waals surface area contributed by atoms with E-state index in [2.05, 4.69) is 10.3 Å². The Morgan fingerprint density at radius 1 is 1.05 bits per heavy atom. The van der Waals surface area contributed by atoms with Crippen molar-refractivity contribution in [1.82, 2.24) is 10.2 Å². The number of hydrogen-bond donors (Lipinski definition) is 1. The zero-order chi connectivity index (χ0) is 15.9. The molecule has 1 rings (SSSR count). The van der Waals surface area contributed by atoms with Crippen molar-refractivity contribution in [3.63, 3.8) is 0 Å². The highest BCUT2D eigenvalue weighted by Gasteiger charge is 2.54. The van der Waals surface area contributed by atoms with Crippen LogP contribution in [0.5, 0.6) is 0 Å². The summed E-state index contributed by atoms with van der Waals surface area (Å²) in [5.74, 6) is -0.210. The summed E-state index contributed by atoms with van der Waals surface area (Å²) in [4.78, 5) is 31.6. The molecule has 1 aliphatic heterocycles. The summed E-state index contributed by atoms with van der Waals surface area (Å²) in [5.41, 5.74) is -1.77. The zero-order valence-electron chi connectivity index (χ0n) is 13.9. The van der Waals surface area contributed by atoms with Gasteiger partial charge in [-0.25, -0.2) is 0 Å². The first-order valence-electron chi connectivity index (χ1n) is 7.11. The SMILES string of the molecule is CC(C)C1(C(C)C)C(=O)N=C(N(C)C)C(C)(C)NC1=O. The van der Waals surface area contributed by atoms with Crippen molar-refractivity contribution in [2.75, 3.05) is 14.1 Å². The first kappa shape index (κ1) is 16.7. The monoisotopic (exact) mass is 281 g/mol. The minimum absolute atomic E-state index is 0.115. The van der Waals surface area contributed by atoms with Crippen LogP contribution in [0.4, 0.5) is 0 Å². The Bertz CT molecular complexity index is 440. The number of likely N-dealkylation sites (N-methyl/N-ethyl adjacent to an activating group) is 1. The Labute approximate surface area is 121 Å². The number of carbonyl (C=O) groups is 2. The van der Waals surface area contributed by atoms with Gasteiger partial charge in [-0.3, -0.25) is 9.59 Å². The van der Waals surface area contributed by atoms with Gasteiger partial charge in [0.2, 0.25) is 5.91 Å². The Hall–Kier alpha value is -1.39. The number of amidine groups is 1. The van der Waals surface area contributed by atoms with Crippen LogP contribution in [-0.4, -0.2) is 42.2 Å². The molecule has 0 radical (unpaired) electrons. The maximum atomic E-state index is 12.8. The number of nitrogens with zero attached hydrogens (tertiary/aromatic N) is 2. The molecule has 1 heterocycles. The lowest BCUT2D eigenvalue weighted by molar-refractivity contribution is -0.148. The van der Waals surface area contributed by atoms with E-state index in [1.165, 1.54) is 0 Å². The summed E-state index contributed by atoms with van der Waals surface area (Å²) in [6.07, 6.45) is 0. The minimum atomic E-state index is -1.10. The fourth-order valence-electron chi connectivity index (χ4n) is 3.21. The van der Waals surface area contributed by atoms with E-state index in [0.717, 1.165) is 0 Å². The topological polar surface area (TPSA) is 61.8 Å². The molecule has 0 atom stereocenters. The Kier molecular flexibility index (Phi) is 4.32. The van der Waals surface area contributed by atoms with Gasteiger partial charge in [0, 0.05) is 14.1 Å². The van der Waals surface area contributed by atoms with Gasteiger partial charge in [-0.05, 0) is 25.7 Å². The molecule has 0 spiro atoms. The molecule has 2 amide bonds. The molecule has 0 aliphatic carbocycles. The average molecular weight is 281 g/mol. The second kappa shape index (κ2) is 5.19. The maximum Gasteiger partial charge on any atom is 0.263 e. The van der Waals surface area contributed by atoms with Gasteiger partial charge in [-0.15, -0.1) is 0 Å².